The van der Waals surface area contributed by atoms with Crippen molar-refractivity contribution in [3.63, 3.8) is 0 Å². The molecule has 0 amide bonds. The van der Waals surface area contributed by atoms with Crippen molar-refractivity contribution < 1.29 is 9.52 Å². The first-order valence-corrected chi connectivity index (χ1v) is 8.24. The molecule has 0 aliphatic heterocycles. The van der Waals surface area contributed by atoms with Crippen LogP contribution in [0.4, 0.5) is 0 Å². The van der Waals surface area contributed by atoms with Crippen LogP contribution in [-0.2, 0) is 5.60 Å². The SMILES string of the molecule is CCNC(=NCC(C)(O)c1ccc(C)o1)NCC(CC)CC. The standard InChI is InChI=1S/C17H31N3O2/c1-6-14(7-2)11-19-16(18-8-3)20-12-17(5,21)15-10-9-13(4)22-15/h9-10,14,21H,6-8,11-12H2,1-5H3,(H2,18,19,20). The zero-order valence-corrected chi connectivity index (χ0v) is 14.6. The third-order valence-corrected chi connectivity index (χ3v) is 3.87. The number of nitrogens with zero attached hydrogens (tertiary/aromatic N) is 1. The molecule has 3 N–H and O–H groups in total. The van der Waals surface area contributed by atoms with E-state index in [2.05, 4.69) is 29.5 Å². The van der Waals surface area contributed by atoms with Gasteiger partial charge in [0.05, 0.1) is 6.54 Å². The highest BCUT2D eigenvalue weighted by Crippen LogP contribution is 2.23. The summed E-state index contributed by atoms with van der Waals surface area (Å²) in [6, 6.07) is 3.65. The van der Waals surface area contributed by atoms with Gasteiger partial charge in [0, 0.05) is 13.1 Å². The van der Waals surface area contributed by atoms with Crippen molar-refractivity contribution in [2.24, 2.45) is 10.9 Å². The molecule has 0 bridgehead atoms. The smallest absolute Gasteiger partial charge is 0.191 e. The molecule has 126 valence electrons. The lowest BCUT2D eigenvalue weighted by molar-refractivity contribution is 0.0428. The lowest BCUT2D eigenvalue weighted by Gasteiger charge is -2.21. The van der Waals surface area contributed by atoms with Gasteiger partial charge in [-0.25, -0.2) is 4.99 Å². The molecular weight excluding hydrogens is 278 g/mol. The van der Waals surface area contributed by atoms with Gasteiger partial charge in [-0.2, -0.15) is 0 Å². The Kier molecular flexibility index (Phi) is 7.45. The molecule has 5 nitrogen and oxygen atoms in total. The summed E-state index contributed by atoms with van der Waals surface area (Å²) in [5, 5.41) is 17.1. The summed E-state index contributed by atoms with van der Waals surface area (Å²) in [6.07, 6.45) is 2.29. The summed E-state index contributed by atoms with van der Waals surface area (Å²) in [4.78, 5) is 4.50. The fraction of sp³-hybridized carbons (Fsp3) is 0.706. The lowest BCUT2D eigenvalue weighted by Crippen LogP contribution is -2.40. The Morgan fingerprint density at radius 1 is 1.27 bits per heavy atom. The van der Waals surface area contributed by atoms with Gasteiger partial charge in [-0.1, -0.05) is 26.7 Å². The number of aliphatic imine (C=N–C) groups is 1. The maximum atomic E-state index is 10.5. The van der Waals surface area contributed by atoms with Crippen molar-refractivity contribution in [3.8, 4) is 0 Å². The van der Waals surface area contributed by atoms with Gasteiger partial charge >= 0.3 is 0 Å². The Morgan fingerprint density at radius 3 is 2.45 bits per heavy atom. The Hall–Kier alpha value is -1.49. The minimum Gasteiger partial charge on any atom is -0.463 e. The average molecular weight is 309 g/mol. The van der Waals surface area contributed by atoms with Crippen molar-refractivity contribution >= 4 is 5.96 Å². The summed E-state index contributed by atoms with van der Waals surface area (Å²) < 4.78 is 5.51. The van der Waals surface area contributed by atoms with E-state index in [1.807, 2.05) is 19.9 Å². The number of aliphatic hydroxyl groups is 1. The minimum atomic E-state index is -1.11. The number of aryl methyl sites for hydroxylation is 1. The van der Waals surface area contributed by atoms with E-state index in [0.29, 0.717) is 11.7 Å². The van der Waals surface area contributed by atoms with Crippen LogP contribution < -0.4 is 10.6 Å². The zero-order chi connectivity index (χ0) is 16.6. The molecule has 1 atom stereocenters. The molecule has 0 saturated carbocycles. The quantitative estimate of drug-likeness (QED) is 0.510. The van der Waals surface area contributed by atoms with Gasteiger partial charge < -0.3 is 20.2 Å². The van der Waals surface area contributed by atoms with Crippen molar-refractivity contribution in [1.82, 2.24) is 10.6 Å². The molecule has 0 saturated heterocycles. The third-order valence-electron chi connectivity index (χ3n) is 3.87. The monoisotopic (exact) mass is 309 g/mol. The number of hydrogen-bond acceptors (Lipinski definition) is 3. The summed E-state index contributed by atoms with van der Waals surface area (Å²) in [7, 11) is 0. The largest absolute Gasteiger partial charge is 0.463 e. The Labute approximate surface area is 134 Å². The molecule has 1 aromatic rings. The van der Waals surface area contributed by atoms with E-state index in [4.69, 9.17) is 4.42 Å². The predicted octanol–water partition coefficient (Wildman–Crippen LogP) is 2.79. The lowest BCUT2D eigenvalue weighted by atomic mass is 10.0. The summed E-state index contributed by atoms with van der Waals surface area (Å²) in [6.45, 7) is 11.9. The van der Waals surface area contributed by atoms with E-state index < -0.39 is 5.60 Å². The van der Waals surface area contributed by atoms with E-state index in [9.17, 15) is 5.11 Å². The first-order valence-electron chi connectivity index (χ1n) is 8.24. The molecule has 5 heteroatoms. The molecule has 0 aliphatic rings. The highest BCUT2D eigenvalue weighted by molar-refractivity contribution is 5.79. The van der Waals surface area contributed by atoms with Crippen molar-refractivity contribution in [1.29, 1.82) is 0 Å². The molecule has 1 unspecified atom stereocenters. The van der Waals surface area contributed by atoms with Gasteiger partial charge in [0.1, 0.15) is 17.1 Å². The number of rotatable bonds is 8. The van der Waals surface area contributed by atoms with E-state index in [0.717, 1.165) is 37.7 Å². The molecule has 1 aromatic heterocycles. The number of guanidine groups is 1. The normalized spacial score (nSPS) is 15.0. The van der Waals surface area contributed by atoms with Gasteiger partial charge in [-0.3, -0.25) is 0 Å². The van der Waals surface area contributed by atoms with Crippen LogP contribution in [0.15, 0.2) is 21.5 Å². The van der Waals surface area contributed by atoms with E-state index in [1.54, 1.807) is 13.0 Å². The Morgan fingerprint density at radius 2 is 1.95 bits per heavy atom. The van der Waals surface area contributed by atoms with Crippen LogP contribution >= 0.6 is 0 Å². The van der Waals surface area contributed by atoms with Gasteiger partial charge in [0.25, 0.3) is 0 Å². The van der Waals surface area contributed by atoms with Crippen LogP contribution in [0, 0.1) is 12.8 Å². The topological polar surface area (TPSA) is 69.8 Å². The highest BCUT2D eigenvalue weighted by atomic mass is 16.4. The second kappa shape index (κ2) is 8.83. The van der Waals surface area contributed by atoms with Crippen LogP contribution in [0.25, 0.3) is 0 Å². The number of hydrogen-bond donors (Lipinski definition) is 3. The molecule has 0 spiro atoms. The molecule has 0 fully saturated rings. The summed E-state index contributed by atoms with van der Waals surface area (Å²) >= 11 is 0. The van der Waals surface area contributed by atoms with Crippen LogP contribution in [0.5, 0.6) is 0 Å². The van der Waals surface area contributed by atoms with Crippen LogP contribution in [0.1, 0.15) is 52.1 Å². The number of furan rings is 1. The number of nitrogens with one attached hydrogen (secondary N) is 2. The molecule has 1 heterocycles. The molecule has 1 rings (SSSR count). The van der Waals surface area contributed by atoms with Crippen molar-refractivity contribution in [2.75, 3.05) is 19.6 Å². The van der Waals surface area contributed by atoms with E-state index >= 15 is 0 Å². The molecule has 0 aromatic carbocycles. The maximum absolute atomic E-state index is 10.5. The second-order valence-electron chi connectivity index (χ2n) is 5.94. The Bertz CT molecular complexity index is 462. The van der Waals surface area contributed by atoms with Gasteiger partial charge in [-0.15, -0.1) is 0 Å². The summed E-state index contributed by atoms with van der Waals surface area (Å²) in [5.74, 6) is 2.71. The maximum Gasteiger partial charge on any atom is 0.191 e. The second-order valence-corrected chi connectivity index (χ2v) is 5.94. The average Bonchev–Trinajstić information content (AvgIpc) is 2.93. The molecular formula is C17H31N3O2. The molecule has 0 radical (unpaired) electrons. The predicted molar refractivity (Wildman–Crippen MR) is 91.1 cm³/mol. The first-order chi connectivity index (χ1) is 10.4. The van der Waals surface area contributed by atoms with Gasteiger partial charge in [-0.05, 0) is 38.8 Å². The third kappa shape index (κ3) is 5.72. The van der Waals surface area contributed by atoms with Crippen LogP contribution in [0.3, 0.4) is 0 Å². The summed E-state index contributed by atoms with van der Waals surface area (Å²) in [5.41, 5.74) is -1.11. The van der Waals surface area contributed by atoms with Crippen LogP contribution in [-0.4, -0.2) is 30.7 Å². The van der Waals surface area contributed by atoms with Gasteiger partial charge in [0.15, 0.2) is 5.96 Å². The highest BCUT2D eigenvalue weighted by Gasteiger charge is 2.26. The van der Waals surface area contributed by atoms with E-state index in [-0.39, 0.29) is 6.54 Å². The zero-order valence-electron chi connectivity index (χ0n) is 14.6. The minimum absolute atomic E-state index is 0.248. The van der Waals surface area contributed by atoms with Crippen molar-refractivity contribution in [3.05, 3.63) is 23.7 Å². The van der Waals surface area contributed by atoms with Gasteiger partial charge in [0.2, 0.25) is 0 Å². The first kappa shape index (κ1) is 18.6. The fourth-order valence-electron chi connectivity index (χ4n) is 2.20. The van der Waals surface area contributed by atoms with Crippen LogP contribution in [0.2, 0.25) is 0 Å². The van der Waals surface area contributed by atoms with Crippen molar-refractivity contribution in [2.45, 2.75) is 53.1 Å². The molecule has 0 aliphatic carbocycles. The molecule has 22 heavy (non-hydrogen) atoms. The fourth-order valence-corrected chi connectivity index (χ4v) is 2.20. The Balaban J connectivity index is 2.68. The van der Waals surface area contributed by atoms with E-state index in [1.165, 1.54) is 0 Å².